The van der Waals surface area contributed by atoms with E-state index in [1.165, 1.54) is 6.07 Å². The maximum Gasteiger partial charge on any atom is 0.269 e. The van der Waals surface area contributed by atoms with Crippen LogP contribution >= 0.6 is 0 Å². The SMILES string of the molecule is CC(Nc1ccc(C(N)=O)nn1)c1nncn1C. The van der Waals surface area contributed by atoms with Crippen molar-refractivity contribution in [1.82, 2.24) is 25.0 Å². The lowest BCUT2D eigenvalue weighted by atomic mass is 10.3. The predicted octanol–water partition coefficient (Wildman–Crippen LogP) is -0.123. The summed E-state index contributed by atoms with van der Waals surface area (Å²) in [7, 11) is 1.86. The summed E-state index contributed by atoms with van der Waals surface area (Å²) < 4.78 is 1.81. The molecule has 3 N–H and O–H groups in total. The predicted molar refractivity (Wildman–Crippen MR) is 63.6 cm³/mol. The minimum Gasteiger partial charge on any atom is -0.364 e. The first kappa shape index (κ1) is 12.0. The highest BCUT2D eigenvalue weighted by Crippen LogP contribution is 2.14. The van der Waals surface area contributed by atoms with Crippen molar-refractivity contribution in [3.05, 3.63) is 30.0 Å². The quantitative estimate of drug-likeness (QED) is 0.778. The van der Waals surface area contributed by atoms with E-state index in [0.717, 1.165) is 5.82 Å². The fourth-order valence-electron chi connectivity index (χ4n) is 1.51. The molecule has 0 radical (unpaired) electrons. The van der Waals surface area contributed by atoms with Gasteiger partial charge in [0.05, 0.1) is 6.04 Å². The third-order valence-corrected chi connectivity index (χ3v) is 2.42. The topological polar surface area (TPSA) is 112 Å². The maximum atomic E-state index is 10.8. The molecule has 1 unspecified atom stereocenters. The maximum absolute atomic E-state index is 10.8. The molecule has 94 valence electrons. The molecule has 0 aromatic carbocycles. The van der Waals surface area contributed by atoms with Crippen LogP contribution in [0.3, 0.4) is 0 Å². The molecule has 2 aromatic heterocycles. The van der Waals surface area contributed by atoms with E-state index in [1.807, 2.05) is 18.5 Å². The molecular weight excluding hydrogens is 234 g/mol. The second-order valence-corrected chi connectivity index (χ2v) is 3.83. The molecule has 2 heterocycles. The van der Waals surface area contributed by atoms with E-state index in [0.29, 0.717) is 5.82 Å². The van der Waals surface area contributed by atoms with Crippen LogP contribution in [0.5, 0.6) is 0 Å². The van der Waals surface area contributed by atoms with Gasteiger partial charge in [-0.25, -0.2) is 0 Å². The van der Waals surface area contributed by atoms with Crippen molar-refractivity contribution in [2.75, 3.05) is 5.32 Å². The Hall–Kier alpha value is -2.51. The Kier molecular flexibility index (Phi) is 3.18. The lowest BCUT2D eigenvalue weighted by molar-refractivity contribution is 0.0994. The summed E-state index contributed by atoms with van der Waals surface area (Å²) in [6.45, 7) is 1.92. The molecule has 0 aliphatic heterocycles. The van der Waals surface area contributed by atoms with Gasteiger partial charge in [-0.1, -0.05) is 0 Å². The number of amides is 1. The zero-order chi connectivity index (χ0) is 13.1. The number of hydrogen-bond acceptors (Lipinski definition) is 6. The Morgan fingerprint density at radius 2 is 2.17 bits per heavy atom. The van der Waals surface area contributed by atoms with E-state index < -0.39 is 5.91 Å². The summed E-state index contributed by atoms with van der Waals surface area (Å²) in [5.41, 5.74) is 5.21. The van der Waals surface area contributed by atoms with Crippen LogP contribution in [0.2, 0.25) is 0 Å². The molecule has 8 nitrogen and oxygen atoms in total. The molecule has 0 saturated carbocycles. The van der Waals surface area contributed by atoms with Crippen molar-refractivity contribution < 1.29 is 4.79 Å². The highest BCUT2D eigenvalue weighted by atomic mass is 16.1. The van der Waals surface area contributed by atoms with Gasteiger partial charge < -0.3 is 15.6 Å². The fraction of sp³-hybridized carbons (Fsp3) is 0.300. The molecule has 2 aromatic rings. The summed E-state index contributed by atoms with van der Waals surface area (Å²) >= 11 is 0. The van der Waals surface area contributed by atoms with Gasteiger partial charge in [0.1, 0.15) is 12.1 Å². The molecule has 0 bridgehead atoms. The van der Waals surface area contributed by atoms with Gasteiger partial charge in [0.25, 0.3) is 5.91 Å². The molecule has 18 heavy (non-hydrogen) atoms. The van der Waals surface area contributed by atoms with Crippen molar-refractivity contribution >= 4 is 11.7 Å². The van der Waals surface area contributed by atoms with Gasteiger partial charge in [0.2, 0.25) is 0 Å². The average molecular weight is 247 g/mol. The van der Waals surface area contributed by atoms with Crippen LogP contribution in [0.15, 0.2) is 18.5 Å². The number of nitrogens with two attached hydrogens (primary N) is 1. The average Bonchev–Trinajstić information content (AvgIpc) is 2.76. The Balaban J connectivity index is 2.10. The Morgan fingerprint density at radius 1 is 1.39 bits per heavy atom. The summed E-state index contributed by atoms with van der Waals surface area (Å²) in [6, 6.07) is 3.08. The standard InChI is InChI=1S/C10H13N7O/c1-6(10-16-12-5-17(10)2)13-8-4-3-7(9(11)18)14-15-8/h3-6H,1-2H3,(H2,11,18)(H,13,15). The summed E-state index contributed by atoms with van der Waals surface area (Å²) in [5.74, 6) is 0.710. The molecule has 8 heteroatoms. The van der Waals surface area contributed by atoms with Crippen molar-refractivity contribution in [3.63, 3.8) is 0 Å². The number of rotatable bonds is 4. The van der Waals surface area contributed by atoms with Crippen molar-refractivity contribution in [3.8, 4) is 0 Å². The summed E-state index contributed by atoms with van der Waals surface area (Å²) in [5, 5.41) is 18.5. The van der Waals surface area contributed by atoms with E-state index in [9.17, 15) is 4.79 Å². The van der Waals surface area contributed by atoms with E-state index in [2.05, 4.69) is 25.7 Å². The number of nitrogens with zero attached hydrogens (tertiary/aromatic N) is 5. The summed E-state index contributed by atoms with van der Waals surface area (Å²) in [4.78, 5) is 10.8. The van der Waals surface area contributed by atoms with Crippen LogP contribution in [0.1, 0.15) is 29.3 Å². The van der Waals surface area contributed by atoms with Gasteiger partial charge in [0, 0.05) is 7.05 Å². The van der Waals surface area contributed by atoms with Crippen molar-refractivity contribution in [2.24, 2.45) is 12.8 Å². The van der Waals surface area contributed by atoms with Crippen LogP contribution < -0.4 is 11.1 Å². The molecule has 0 saturated heterocycles. The lowest BCUT2D eigenvalue weighted by Crippen LogP contribution is -2.16. The fourth-order valence-corrected chi connectivity index (χ4v) is 1.51. The molecular formula is C10H13N7O. The highest BCUT2D eigenvalue weighted by Gasteiger charge is 2.12. The van der Waals surface area contributed by atoms with E-state index >= 15 is 0 Å². The second kappa shape index (κ2) is 4.78. The van der Waals surface area contributed by atoms with Crippen LogP contribution in [0.4, 0.5) is 5.82 Å². The first-order valence-corrected chi connectivity index (χ1v) is 5.32. The monoisotopic (exact) mass is 247 g/mol. The molecule has 0 spiro atoms. The lowest BCUT2D eigenvalue weighted by Gasteiger charge is -2.12. The smallest absolute Gasteiger partial charge is 0.269 e. The van der Waals surface area contributed by atoms with Crippen LogP contribution in [0.25, 0.3) is 0 Å². The van der Waals surface area contributed by atoms with Crippen LogP contribution in [0, 0.1) is 0 Å². The Bertz CT molecular complexity index is 548. The second-order valence-electron chi connectivity index (χ2n) is 3.83. The van der Waals surface area contributed by atoms with Gasteiger partial charge >= 0.3 is 0 Å². The van der Waals surface area contributed by atoms with Gasteiger partial charge in [-0.2, -0.15) is 0 Å². The Morgan fingerprint density at radius 3 is 2.67 bits per heavy atom. The third kappa shape index (κ3) is 2.42. The first-order chi connectivity index (χ1) is 8.58. The first-order valence-electron chi connectivity index (χ1n) is 5.32. The van der Waals surface area contributed by atoms with Gasteiger partial charge in [-0.15, -0.1) is 20.4 Å². The molecule has 1 atom stereocenters. The molecule has 1 amide bonds. The molecule has 2 rings (SSSR count). The third-order valence-electron chi connectivity index (χ3n) is 2.42. The number of aryl methyl sites for hydroxylation is 1. The van der Waals surface area contributed by atoms with E-state index in [-0.39, 0.29) is 11.7 Å². The largest absolute Gasteiger partial charge is 0.364 e. The van der Waals surface area contributed by atoms with Gasteiger partial charge in [-0.05, 0) is 19.1 Å². The molecule has 0 fully saturated rings. The van der Waals surface area contributed by atoms with Crippen LogP contribution in [-0.4, -0.2) is 30.9 Å². The summed E-state index contributed by atoms with van der Waals surface area (Å²) in [6.07, 6.45) is 1.62. The number of primary amides is 1. The zero-order valence-corrected chi connectivity index (χ0v) is 10.0. The minimum atomic E-state index is -0.601. The normalized spacial score (nSPS) is 12.1. The van der Waals surface area contributed by atoms with Crippen molar-refractivity contribution in [2.45, 2.75) is 13.0 Å². The minimum absolute atomic E-state index is 0.0776. The highest BCUT2D eigenvalue weighted by molar-refractivity contribution is 5.90. The van der Waals surface area contributed by atoms with Gasteiger partial charge in [-0.3, -0.25) is 4.79 Å². The Labute approximate surface area is 103 Å². The number of carbonyl (C=O) groups excluding carboxylic acids is 1. The number of nitrogens with one attached hydrogen (secondary N) is 1. The van der Waals surface area contributed by atoms with Crippen molar-refractivity contribution in [1.29, 1.82) is 0 Å². The van der Waals surface area contributed by atoms with E-state index in [4.69, 9.17) is 5.73 Å². The number of aromatic nitrogens is 5. The number of hydrogen-bond donors (Lipinski definition) is 2. The number of anilines is 1. The van der Waals surface area contributed by atoms with Crippen LogP contribution in [-0.2, 0) is 7.05 Å². The van der Waals surface area contributed by atoms with Gasteiger partial charge in [0.15, 0.2) is 11.5 Å². The number of carbonyl (C=O) groups is 1. The zero-order valence-electron chi connectivity index (χ0n) is 10.0. The molecule has 0 aliphatic carbocycles. The van der Waals surface area contributed by atoms with E-state index in [1.54, 1.807) is 12.4 Å². The molecule has 0 aliphatic rings.